The molecule has 1 amide bonds. The van der Waals surface area contributed by atoms with Crippen molar-refractivity contribution in [1.82, 2.24) is 25.0 Å². The Labute approximate surface area is 145 Å². The predicted molar refractivity (Wildman–Crippen MR) is 89.5 cm³/mol. The third-order valence-electron chi connectivity index (χ3n) is 4.22. The first-order valence-electron chi connectivity index (χ1n) is 8.42. The minimum atomic E-state index is -0.299. The summed E-state index contributed by atoms with van der Waals surface area (Å²) in [5, 5.41) is 6.98. The summed E-state index contributed by atoms with van der Waals surface area (Å²) in [6.07, 6.45) is 5.36. The van der Waals surface area contributed by atoms with Gasteiger partial charge in [0.1, 0.15) is 30.8 Å². The average Bonchev–Trinajstić information content (AvgIpc) is 3.26. The van der Waals surface area contributed by atoms with Crippen LogP contribution in [0.5, 0.6) is 5.75 Å². The number of nitrogens with zero attached hydrogens (tertiary/aromatic N) is 4. The summed E-state index contributed by atoms with van der Waals surface area (Å²) in [6.45, 7) is 2.80. The second-order valence-corrected chi connectivity index (χ2v) is 6.04. The Morgan fingerprint density at radius 2 is 2.20 bits per heavy atom. The lowest BCUT2D eigenvalue weighted by atomic mass is 10.2. The molecule has 0 saturated carbocycles. The van der Waals surface area contributed by atoms with Gasteiger partial charge in [-0.3, -0.25) is 14.4 Å². The molecule has 1 N–H and O–H groups in total. The number of carbonyl (C=O) groups is 1. The van der Waals surface area contributed by atoms with E-state index < -0.39 is 0 Å². The molecule has 0 bridgehead atoms. The third-order valence-corrected chi connectivity index (χ3v) is 4.22. The monoisotopic (exact) mass is 347 g/mol. The van der Waals surface area contributed by atoms with Crippen LogP contribution in [0, 0.1) is 5.82 Å². The summed E-state index contributed by atoms with van der Waals surface area (Å²) < 4.78 is 20.1. The number of ether oxygens (including phenoxy) is 1. The molecule has 25 heavy (non-hydrogen) atoms. The number of hydrogen-bond acceptors (Lipinski definition) is 5. The Morgan fingerprint density at radius 1 is 1.36 bits per heavy atom. The number of benzene rings is 1. The summed E-state index contributed by atoms with van der Waals surface area (Å²) in [4.78, 5) is 18.2. The van der Waals surface area contributed by atoms with Crippen LogP contribution in [0.25, 0.3) is 0 Å². The van der Waals surface area contributed by atoms with Crippen LogP contribution in [0.15, 0.2) is 36.9 Å². The number of nitrogens with one attached hydrogen (secondary N) is 1. The number of rotatable bonds is 8. The van der Waals surface area contributed by atoms with E-state index in [4.69, 9.17) is 4.74 Å². The standard InChI is InChI=1S/C17H22FN5O2/c18-14-3-5-16(6-4-14)25-9-7-20-17(24)11-22-8-1-2-15(22)10-23-13-19-12-21-23/h3-6,12-13,15H,1-2,7-11H2,(H,20,24)/t15-/m1/s1. The highest BCUT2D eigenvalue weighted by molar-refractivity contribution is 5.78. The van der Waals surface area contributed by atoms with E-state index in [1.54, 1.807) is 23.1 Å². The first-order valence-corrected chi connectivity index (χ1v) is 8.42. The second-order valence-electron chi connectivity index (χ2n) is 6.04. The lowest BCUT2D eigenvalue weighted by Gasteiger charge is -2.23. The lowest BCUT2D eigenvalue weighted by Crippen LogP contribution is -2.42. The molecule has 0 spiro atoms. The Bertz CT molecular complexity index is 662. The normalized spacial score (nSPS) is 17.6. The molecule has 1 fully saturated rings. The Hall–Kier alpha value is -2.48. The number of amides is 1. The Morgan fingerprint density at radius 3 is 2.96 bits per heavy atom. The fourth-order valence-electron chi connectivity index (χ4n) is 2.98. The minimum absolute atomic E-state index is 0.0202. The largest absolute Gasteiger partial charge is 0.492 e. The van der Waals surface area contributed by atoms with Gasteiger partial charge in [-0.15, -0.1) is 0 Å². The van der Waals surface area contributed by atoms with Crippen molar-refractivity contribution >= 4 is 5.91 Å². The number of likely N-dealkylation sites (tertiary alicyclic amines) is 1. The van der Waals surface area contributed by atoms with Gasteiger partial charge in [-0.1, -0.05) is 0 Å². The van der Waals surface area contributed by atoms with Gasteiger partial charge in [0.25, 0.3) is 0 Å². The predicted octanol–water partition coefficient (Wildman–Crippen LogP) is 1.08. The van der Waals surface area contributed by atoms with Crippen LogP contribution in [-0.4, -0.2) is 57.9 Å². The first-order chi connectivity index (χ1) is 12.2. The molecule has 0 unspecified atom stereocenters. The molecule has 0 aliphatic carbocycles. The van der Waals surface area contributed by atoms with Gasteiger partial charge in [-0.25, -0.2) is 9.37 Å². The Kier molecular flexibility index (Phi) is 5.95. The van der Waals surface area contributed by atoms with Crippen LogP contribution >= 0.6 is 0 Å². The molecular formula is C17H22FN5O2. The summed E-state index contributed by atoms with van der Waals surface area (Å²) >= 11 is 0. The molecule has 1 aromatic carbocycles. The zero-order chi connectivity index (χ0) is 17.5. The average molecular weight is 347 g/mol. The molecule has 134 valence electrons. The molecule has 1 saturated heterocycles. The molecule has 2 aromatic rings. The maximum atomic E-state index is 12.8. The quantitative estimate of drug-likeness (QED) is 0.724. The molecule has 1 atom stereocenters. The Balaban J connectivity index is 1.36. The van der Waals surface area contributed by atoms with Crippen molar-refractivity contribution in [3.05, 3.63) is 42.7 Å². The van der Waals surface area contributed by atoms with Crippen molar-refractivity contribution in [2.75, 3.05) is 26.2 Å². The van der Waals surface area contributed by atoms with Crippen LogP contribution in [0.1, 0.15) is 12.8 Å². The van der Waals surface area contributed by atoms with Crippen molar-refractivity contribution in [2.45, 2.75) is 25.4 Å². The summed E-state index contributed by atoms with van der Waals surface area (Å²) in [5.41, 5.74) is 0. The number of halogens is 1. The van der Waals surface area contributed by atoms with Crippen molar-refractivity contribution < 1.29 is 13.9 Å². The molecule has 1 aliphatic heterocycles. The van der Waals surface area contributed by atoms with E-state index in [1.165, 1.54) is 18.5 Å². The molecule has 1 aliphatic rings. The zero-order valence-corrected chi connectivity index (χ0v) is 14.0. The van der Waals surface area contributed by atoms with Gasteiger partial charge in [0, 0.05) is 6.04 Å². The fourth-order valence-corrected chi connectivity index (χ4v) is 2.98. The highest BCUT2D eigenvalue weighted by Crippen LogP contribution is 2.18. The van der Waals surface area contributed by atoms with Crippen LogP contribution in [0.3, 0.4) is 0 Å². The maximum Gasteiger partial charge on any atom is 0.234 e. The summed E-state index contributed by atoms with van der Waals surface area (Å²) in [6, 6.07) is 6.13. The van der Waals surface area contributed by atoms with Gasteiger partial charge in [-0.05, 0) is 43.7 Å². The van der Waals surface area contributed by atoms with Crippen LogP contribution in [0.2, 0.25) is 0 Å². The molecule has 3 rings (SSSR count). The van der Waals surface area contributed by atoms with E-state index in [0.29, 0.717) is 31.5 Å². The topological polar surface area (TPSA) is 72.3 Å². The summed E-state index contributed by atoms with van der Waals surface area (Å²) in [5.74, 6) is 0.267. The molecule has 8 heteroatoms. The van der Waals surface area contributed by atoms with Gasteiger partial charge in [0.05, 0.1) is 19.6 Å². The van der Waals surface area contributed by atoms with Crippen molar-refractivity contribution in [3.8, 4) is 5.75 Å². The molecule has 1 aromatic heterocycles. The van der Waals surface area contributed by atoms with Gasteiger partial charge >= 0.3 is 0 Å². The van der Waals surface area contributed by atoms with E-state index in [9.17, 15) is 9.18 Å². The van der Waals surface area contributed by atoms with E-state index in [2.05, 4.69) is 20.3 Å². The maximum absolute atomic E-state index is 12.8. The van der Waals surface area contributed by atoms with Crippen LogP contribution in [-0.2, 0) is 11.3 Å². The van der Waals surface area contributed by atoms with Crippen LogP contribution in [0.4, 0.5) is 4.39 Å². The molecule has 7 nitrogen and oxygen atoms in total. The molecule has 2 heterocycles. The van der Waals surface area contributed by atoms with Gasteiger partial charge in [0.2, 0.25) is 5.91 Å². The van der Waals surface area contributed by atoms with Gasteiger partial charge in [0.15, 0.2) is 0 Å². The highest BCUT2D eigenvalue weighted by Gasteiger charge is 2.26. The van der Waals surface area contributed by atoms with Gasteiger partial charge in [-0.2, -0.15) is 5.10 Å². The molecule has 0 radical (unpaired) electrons. The summed E-state index contributed by atoms with van der Waals surface area (Å²) in [7, 11) is 0. The number of carbonyl (C=O) groups excluding carboxylic acids is 1. The van der Waals surface area contributed by atoms with E-state index >= 15 is 0 Å². The third kappa shape index (κ3) is 5.25. The van der Waals surface area contributed by atoms with E-state index in [1.807, 2.05) is 0 Å². The smallest absolute Gasteiger partial charge is 0.234 e. The zero-order valence-electron chi connectivity index (χ0n) is 14.0. The first kappa shape index (κ1) is 17.3. The van der Waals surface area contributed by atoms with Crippen molar-refractivity contribution in [1.29, 1.82) is 0 Å². The number of hydrogen-bond donors (Lipinski definition) is 1. The lowest BCUT2D eigenvalue weighted by molar-refractivity contribution is -0.122. The van der Waals surface area contributed by atoms with Crippen molar-refractivity contribution in [2.24, 2.45) is 0 Å². The minimum Gasteiger partial charge on any atom is -0.492 e. The fraction of sp³-hybridized carbons (Fsp3) is 0.471. The highest BCUT2D eigenvalue weighted by atomic mass is 19.1. The van der Waals surface area contributed by atoms with Crippen LogP contribution < -0.4 is 10.1 Å². The SMILES string of the molecule is O=C(CN1CCC[C@@H]1Cn1cncn1)NCCOc1ccc(F)cc1. The second kappa shape index (κ2) is 8.57. The number of aromatic nitrogens is 3. The van der Waals surface area contributed by atoms with Gasteiger partial charge < -0.3 is 10.1 Å². The van der Waals surface area contributed by atoms with E-state index in [-0.39, 0.29) is 11.7 Å². The van der Waals surface area contributed by atoms with E-state index in [0.717, 1.165) is 25.9 Å². The molecular weight excluding hydrogens is 325 g/mol. The van der Waals surface area contributed by atoms with Crippen molar-refractivity contribution in [3.63, 3.8) is 0 Å².